The van der Waals surface area contributed by atoms with Crippen LogP contribution in [-0.4, -0.2) is 157 Å². The molecule has 0 amide bonds. The number of rotatable bonds is 31. The predicted molar refractivity (Wildman–Crippen MR) is 305 cm³/mol. The Bertz CT molecular complexity index is 1540. The highest BCUT2D eigenvalue weighted by atomic mass is 16.5. The molecule has 7 aliphatic heterocycles. The molecule has 7 saturated heterocycles. The third-order valence-electron chi connectivity index (χ3n) is 19.0. The zero-order valence-electron chi connectivity index (χ0n) is 50.6. The smallest absolute Gasteiger partial charge is 0.0717 e. The van der Waals surface area contributed by atoms with Gasteiger partial charge >= 0.3 is 0 Å². The molecule has 13 nitrogen and oxygen atoms in total. The van der Waals surface area contributed by atoms with Gasteiger partial charge in [-0.15, -0.1) is 0 Å². The summed E-state index contributed by atoms with van der Waals surface area (Å²) in [5, 5.41) is 8.76. The van der Waals surface area contributed by atoms with Gasteiger partial charge in [-0.2, -0.15) is 0 Å². The van der Waals surface area contributed by atoms with Gasteiger partial charge in [-0.25, -0.2) is 0 Å². The van der Waals surface area contributed by atoms with E-state index in [0.29, 0.717) is 41.0 Å². The Morgan fingerprint density at radius 1 is 0.429 bits per heavy atom. The van der Waals surface area contributed by atoms with Crippen LogP contribution in [0.1, 0.15) is 176 Å². The molecular formula is C64H114O13. The van der Waals surface area contributed by atoms with Crippen molar-refractivity contribution >= 4 is 0 Å². The van der Waals surface area contributed by atoms with Crippen LogP contribution in [0.3, 0.4) is 0 Å². The zero-order chi connectivity index (χ0) is 55.4. The van der Waals surface area contributed by atoms with Crippen LogP contribution in [0.5, 0.6) is 0 Å². The maximum Gasteiger partial charge on any atom is 0.0717 e. The van der Waals surface area contributed by atoms with Gasteiger partial charge in [0.15, 0.2) is 0 Å². The van der Waals surface area contributed by atoms with Gasteiger partial charge < -0.3 is 61.9 Å². The van der Waals surface area contributed by atoms with E-state index in [0.717, 1.165) is 177 Å². The highest BCUT2D eigenvalue weighted by Crippen LogP contribution is 2.37. The summed E-state index contributed by atoms with van der Waals surface area (Å²) in [6.45, 7) is 39.6. The first-order valence-electron chi connectivity index (χ1n) is 31.0. The summed E-state index contributed by atoms with van der Waals surface area (Å²) in [5.74, 6) is 0.759. The lowest BCUT2D eigenvalue weighted by Gasteiger charge is -2.44. The maximum atomic E-state index is 8.76. The van der Waals surface area contributed by atoms with Crippen LogP contribution < -0.4 is 0 Å². The molecule has 0 bridgehead atoms. The third-order valence-corrected chi connectivity index (χ3v) is 19.0. The van der Waals surface area contributed by atoms with Gasteiger partial charge in [-0.05, 0) is 81.3 Å². The van der Waals surface area contributed by atoms with Gasteiger partial charge in [-0.1, -0.05) is 125 Å². The van der Waals surface area contributed by atoms with Crippen molar-refractivity contribution in [3.05, 3.63) is 35.4 Å². The minimum absolute atomic E-state index is 0.139. The van der Waals surface area contributed by atoms with E-state index in [1.807, 2.05) is 0 Å². The molecule has 1 N–H and O–H groups in total. The molecular weight excluding hydrogens is 977 g/mol. The summed E-state index contributed by atoms with van der Waals surface area (Å²) < 4.78 is 66.3. The molecule has 1 aromatic carbocycles. The van der Waals surface area contributed by atoms with E-state index in [1.165, 1.54) is 81.8 Å². The first-order chi connectivity index (χ1) is 37.4. The Balaban J connectivity index is 0.000000184. The standard InChI is InChI=1S/C20H30O4.C14H28O2.C12H22O3.C12H22O2.C6H12O2/c1-3-19(13-23-14-19)11-21-9-17-5-7-18(8-6-17)10-22-12-20(4-2)15-24-16-20;1-4-7-8-13(5-2)9-15-10-14(6-3)11-16-12-14;1-3-11(5-13-6-11)9-15-10-12(4-2)7-14-8-12;1-2-12(8-13-9-12)10-14-11-6-4-3-5-7-11;1-2-6(3-7)4-8-5-6/h5-8H,3-4,9-16H2,1-2H3;13H,4-12H2,1-3H3;3-10H2,1-2H3;11H,2-10H2,1H3;7H,2-5H2,1H3. The molecule has 8 aliphatic rings. The number of aliphatic hydroxyl groups excluding tert-OH is 1. The van der Waals surface area contributed by atoms with Crippen LogP contribution in [0.25, 0.3) is 0 Å². The highest BCUT2D eigenvalue weighted by Gasteiger charge is 2.42. The molecule has 1 atom stereocenters. The van der Waals surface area contributed by atoms with Crippen molar-refractivity contribution < 1.29 is 61.9 Å². The fourth-order valence-corrected chi connectivity index (χ4v) is 10.3. The first-order valence-corrected chi connectivity index (χ1v) is 31.0. The molecule has 1 saturated carbocycles. The third kappa shape index (κ3) is 20.8. The van der Waals surface area contributed by atoms with Crippen molar-refractivity contribution in [1.82, 2.24) is 0 Å². The van der Waals surface area contributed by atoms with Gasteiger partial charge in [0.25, 0.3) is 0 Å². The Hall–Kier alpha value is -1.30. The van der Waals surface area contributed by atoms with Gasteiger partial charge in [0.05, 0.1) is 158 Å². The van der Waals surface area contributed by atoms with E-state index in [9.17, 15) is 0 Å². The second kappa shape index (κ2) is 34.3. The van der Waals surface area contributed by atoms with Crippen molar-refractivity contribution in [1.29, 1.82) is 0 Å². The summed E-state index contributed by atoms with van der Waals surface area (Å²) in [6, 6.07) is 8.54. The van der Waals surface area contributed by atoms with E-state index >= 15 is 0 Å². The second-order valence-corrected chi connectivity index (χ2v) is 25.4. The number of hydrogen-bond donors (Lipinski definition) is 1. The van der Waals surface area contributed by atoms with Crippen LogP contribution in [0, 0.1) is 43.8 Å². The van der Waals surface area contributed by atoms with E-state index in [4.69, 9.17) is 61.9 Å². The monoisotopic (exact) mass is 1090 g/mol. The molecule has 0 radical (unpaired) electrons. The molecule has 448 valence electrons. The summed E-state index contributed by atoms with van der Waals surface area (Å²) >= 11 is 0. The van der Waals surface area contributed by atoms with Gasteiger partial charge in [-0.3, -0.25) is 0 Å². The van der Waals surface area contributed by atoms with Crippen molar-refractivity contribution in [3.63, 3.8) is 0 Å². The SMILES string of the molecule is CCC1(CO)COC1.CCC1(COC2CCCCC2)COC1.CCC1(COCC2(CC)COC2)COC1.CCC1(COCc2ccc(COCC3(CC)COC3)cc2)COC1.CCCCC(CC)COCC1(CC)COC1. The van der Waals surface area contributed by atoms with E-state index in [-0.39, 0.29) is 22.9 Å². The van der Waals surface area contributed by atoms with E-state index in [1.54, 1.807) is 0 Å². The lowest BCUT2D eigenvalue weighted by atomic mass is 9.83. The average Bonchev–Trinajstić information content (AvgIpc) is 3.38. The van der Waals surface area contributed by atoms with E-state index < -0.39 is 0 Å². The summed E-state index contributed by atoms with van der Waals surface area (Å²) in [5.41, 5.74) is 4.44. The van der Waals surface area contributed by atoms with Gasteiger partial charge in [0.1, 0.15) is 0 Å². The quantitative estimate of drug-likeness (QED) is 0.0758. The topological polar surface area (TPSA) is 131 Å². The molecule has 1 aromatic rings. The van der Waals surface area contributed by atoms with Crippen molar-refractivity contribution in [2.24, 2.45) is 43.8 Å². The van der Waals surface area contributed by atoms with Crippen molar-refractivity contribution in [3.8, 4) is 0 Å². The Morgan fingerprint density at radius 3 is 1.03 bits per heavy atom. The fraction of sp³-hybridized carbons (Fsp3) is 0.906. The first kappa shape index (κ1) is 66.5. The van der Waals surface area contributed by atoms with E-state index in [2.05, 4.69) is 86.6 Å². The molecule has 13 heteroatoms. The lowest BCUT2D eigenvalue weighted by Crippen LogP contribution is -2.49. The predicted octanol–water partition coefficient (Wildman–Crippen LogP) is 12.2. The molecule has 7 heterocycles. The highest BCUT2D eigenvalue weighted by molar-refractivity contribution is 5.21. The van der Waals surface area contributed by atoms with Crippen molar-refractivity contribution in [2.45, 2.75) is 184 Å². The summed E-state index contributed by atoms with van der Waals surface area (Å²) in [4.78, 5) is 0. The fourth-order valence-electron chi connectivity index (χ4n) is 10.3. The summed E-state index contributed by atoms with van der Waals surface area (Å²) in [6.07, 6.45) is 20.4. The van der Waals surface area contributed by atoms with Crippen LogP contribution >= 0.6 is 0 Å². The van der Waals surface area contributed by atoms with Gasteiger partial charge in [0, 0.05) is 44.5 Å². The molecule has 8 fully saturated rings. The van der Waals surface area contributed by atoms with Crippen LogP contribution in [-0.2, 0) is 70.1 Å². The minimum Gasteiger partial charge on any atom is -0.396 e. The van der Waals surface area contributed by atoms with Crippen LogP contribution in [0.2, 0.25) is 0 Å². The lowest BCUT2D eigenvalue weighted by molar-refractivity contribution is -0.187. The van der Waals surface area contributed by atoms with Crippen LogP contribution in [0.4, 0.5) is 0 Å². The molecule has 0 aromatic heterocycles. The number of ether oxygens (including phenoxy) is 12. The zero-order valence-corrected chi connectivity index (χ0v) is 50.6. The normalized spacial score (nSPS) is 23.6. The average molecular weight is 1090 g/mol. The molecule has 9 rings (SSSR count). The number of hydrogen-bond acceptors (Lipinski definition) is 13. The van der Waals surface area contributed by atoms with Crippen molar-refractivity contribution in [2.75, 3.05) is 145 Å². The Kier molecular flexibility index (Phi) is 29.7. The molecule has 77 heavy (non-hydrogen) atoms. The summed E-state index contributed by atoms with van der Waals surface area (Å²) in [7, 11) is 0. The maximum absolute atomic E-state index is 8.76. The number of aliphatic hydroxyl groups is 1. The largest absolute Gasteiger partial charge is 0.396 e. The minimum atomic E-state index is 0.139. The van der Waals surface area contributed by atoms with Gasteiger partial charge in [0.2, 0.25) is 0 Å². The molecule has 1 aliphatic carbocycles. The Labute approximate surface area is 469 Å². The number of unbranched alkanes of at least 4 members (excludes halogenated alkanes) is 1. The number of benzene rings is 1. The molecule has 1 unspecified atom stereocenters. The second-order valence-electron chi connectivity index (χ2n) is 25.4. The Morgan fingerprint density at radius 2 is 0.753 bits per heavy atom. The van der Waals surface area contributed by atoms with Crippen LogP contribution in [0.15, 0.2) is 24.3 Å². The molecule has 0 spiro atoms.